The average molecular weight is 303 g/mol. The molecule has 0 atom stereocenters. The second kappa shape index (κ2) is 5.53. The number of esters is 1. The van der Waals surface area contributed by atoms with Crippen LogP contribution in [0.4, 0.5) is 5.69 Å². The van der Waals surface area contributed by atoms with Crippen LogP contribution in [0.15, 0.2) is 24.3 Å². The van der Waals surface area contributed by atoms with Crippen molar-refractivity contribution in [2.75, 3.05) is 12.8 Å². The predicted octanol–water partition coefficient (Wildman–Crippen LogP) is 4.39. The summed E-state index contributed by atoms with van der Waals surface area (Å²) in [7, 11) is 1.37. The lowest BCUT2D eigenvalue weighted by Gasteiger charge is -2.19. The number of ether oxygens (including phenoxy) is 1. The molecule has 0 radical (unpaired) electrons. The van der Waals surface area contributed by atoms with E-state index in [0.29, 0.717) is 10.6 Å². The lowest BCUT2D eigenvalue weighted by atomic mass is 9.86. The first-order valence-corrected chi connectivity index (χ1v) is 7.65. The van der Waals surface area contributed by atoms with Gasteiger partial charge in [0.2, 0.25) is 0 Å². The van der Waals surface area contributed by atoms with E-state index in [2.05, 4.69) is 45.0 Å². The molecule has 0 saturated heterocycles. The smallest absolute Gasteiger partial charge is 0.350 e. The van der Waals surface area contributed by atoms with Gasteiger partial charge in [0.1, 0.15) is 4.88 Å². The van der Waals surface area contributed by atoms with Gasteiger partial charge in [-0.1, -0.05) is 45.0 Å². The molecule has 1 heterocycles. The summed E-state index contributed by atoms with van der Waals surface area (Å²) in [5, 5.41) is 0. The first kappa shape index (κ1) is 15.6. The molecule has 0 amide bonds. The molecular weight excluding hydrogens is 282 g/mol. The molecule has 0 unspecified atom stereocenters. The number of carbonyl (C=O) groups is 1. The number of nitrogen functional groups attached to an aromatic ring is 1. The number of rotatable bonds is 2. The number of nitrogens with two attached hydrogens (primary N) is 1. The van der Waals surface area contributed by atoms with E-state index in [1.54, 1.807) is 0 Å². The summed E-state index contributed by atoms with van der Waals surface area (Å²) < 4.78 is 4.78. The number of hydrogen-bond donors (Lipinski definition) is 1. The molecule has 21 heavy (non-hydrogen) atoms. The van der Waals surface area contributed by atoms with E-state index in [1.807, 2.05) is 6.92 Å². The van der Waals surface area contributed by atoms with Crippen LogP contribution in [0.5, 0.6) is 0 Å². The minimum atomic E-state index is -0.377. The van der Waals surface area contributed by atoms with Gasteiger partial charge in [-0.15, -0.1) is 11.3 Å². The van der Waals surface area contributed by atoms with Crippen LogP contribution in [-0.4, -0.2) is 13.1 Å². The quantitative estimate of drug-likeness (QED) is 0.837. The van der Waals surface area contributed by atoms with Crippen LogP contribution in [0.3, 0.4) is 0 Å². The molecule has 112 valence electrons. The fraction of sp³-hybridized carbons (Fsp3) is 0.353. The Bertz CT molecular complexity index is 663. The maximum absolute atomic E-state index is 11.7. The minimum absolute atomic E-state index is 0.124. The second-order valence-corrected chi connectivity index (χ2v) is 7.14. The predicted molar refractivity (Wildman–Crippen MR) is 88.9 cm³/mol. The Morgan fingerprint density at radius 2 is 1.76 bits per heavy atom. The van der Waals surface area contributed by atoms with Crippen LogP contribution in [0.2, 0.25) is 0 Å². The van der Waals surface area contributed by atoms with Crippen molar-refractivity contribution < 1.29 is 9.53 Å². The van der Waals surface area contributed by atoms with Gasteiger partial charge in [-0.05, 0) is 29.0 Å². The van der Waals surface area contributed by atoms with E-state index in [4.69, 9.17) is 10.5 Å². The van der Waals surface area contributed by atoms with Crippen LogP contribution in [0, 0.1) is 6.92 Å². The number of benzene rings is 1. The Morgan fingerprint density at radius 1 is 1.19 bits per heavy atom. The van der Waals surface area contributed by atoms with Crippen molar-refractivity contribution in [3.8, 4) is 10.4 Å². The molecule has 1 aromatic carbocycles. The summed E-state index contributed by atoms with van der Waals surface area (Å²) in [6.07, 6.45) is 0. The lowest BCUT2D eigenvalue weighted by Crippen LogP contribution is -2.10. The first-order chi connectivity index (χ1) is 9.75. The highest BCUT2D eigenvalue weighted by Gasteiger charge is 2.20. The SMILES string of the molecule is COC(=O)c1sc(-c2ccc(C(C)(C)C)cc2)c(C)c1N. The Kier molecular flexibility index (Phi) is 4.10. The normalized spacial score (nSPS) is 11.5. The number of hydrogen-bond acceptors (Lipinski definition) is 4. The summed E-state index contributed by atoms with van der Waals surface area (Å²) >= 11 is 1.39. The monoisotopic (exact) mass is 303 g/mol. The van der Waals surface area contributed by atoms with Gasteiger partial charge < -0.3 is 10.5 Å². The molecule has 2 N–H and O–H groups in total. The molecule has 3 nitrogen and oxygen atoms in total. The Morgan fingerprint density at radius 3 is 2.24 bits per heavy atom. The lowest BCUT2D eigenvalue weighted by molar-refractivity contribution is 0.0607. The van der Waals surface area contributed by atoms with E-state index in [-0.39, 0.29) is 11.4 Å². The van der Waals surface area contributed by atoms with Crippen molar-refractivity contribution in [1.29, 1.82) is 0 Å². The number of carbonyl (C=O) groups excluding carboxylic acids is 1. The van der Waals surface area contributed by atoms with Crippen molar-refractivity contribution >= 4 is 23.0 Å². The molecule has 0 spiro atoms. The van der Waals surface area contributed by atoms with Gasteiger partial charge in [0, 0.05) is 4.88 Å². The van der Waals surface area contributed by atoms with Crippen molar-refractivity contribution in [2.24, 2.45) is 0 Å². The largest absolute Gasteiger partial charge is 0.465 e. The standard InChI is InChI=1S/C17H21NO2S/c1-10-13(18)15(16(19)20-5)21-14(10)11-6-8-12(9-7-11)17(2,3)4/h6-9H,18H2,1-5H3. The summed E-state index contributed by atoms with van der Waals surface area (Å²) in [5.74, 6) is -0.377. The van der Waals surface area contributed by atoms with Gasteiger partial charge in [0.05, 0.1) is 12.8 Å². The topological polar surface area (TPSA) is 52.3 Å². The highest BCUT2D eigenvalue weighted by Crippen LogP contribution is 2.39. The van der Waals surface area contributed by atoms with Crippen molar-refractivity contribution in [3.63, 3.8) is 0 Å². The molecule has 4 heteroatoms. The summed E-state index contributed by atoms with van der Waals surface area (Å²) in [4.78, 5) is 13.2. The van der Waals surface area contributed by atoms with Crippen LogP contribution in [0.25, 0.3) is 10.4 Å². The van der Waals surface area contributed by atoms with Gasteiger partial charge in [-0.2, -0.15) is 0 Å². The van der Waals surface area contributed by atoms with Crippen LogP contribution >= 0.6 is 11.3 Å². The summed E-state index contributed by atoms with van der Waals surface area (Å²) in [6, 6.07) is 8.42. The van der Waals surface area contributed by atoms with E-state index in [0.717, 1.165) is 16.0 Å². The zero-order chi connectivity index (χ0) is 15.8. The average Bonchev–Trinajstić information content (AvgIpc) is 2.74. The third-order valence-corrected chi connectivity index (χ3v) is 4.91. The van der Waals surface area contributed by atoms with Crippen molar-refractivity contribution in [3.05, 3.63) is 40.3 Å². The van der Waals surface area contributed by atoms with Gasteiger partial charge >= 0.3 is 5.97 Å². The fourth-order valence-corrected chi connectivity index (χ4v) is 3.32. The minimum Gasteiger partial charge on any atom is -0.465 e. The molecule has 0 aliphatic carbocycles. The van der Waals surface area contributed by atoms with E-state index >= 15 is 0 Å². The zero-order valence-corrected chi connectivity index (χ0v) is 13.9. The highest BCUT2D eigenvalue weighted by molar-refractivity contribution is 7.18. The zero-order valence-electron chi connectivity index (χ0n) is 13.1. The summed E-state index contributed by atoms with van der Waals surface area (Å²) in [6.45, 7) is 8.49. The van der Waals surface area contributed by atoms with Crippen LogP contribution < -0.4 is 5.73 Å². The number of anilines is 1. The number of thiophene rings is 1. The van der Waals surface area contributed by atoms with Crippen molar-refractivity contribution in [1.82, 2.24) is 0 Å². The van der Waals surface area contributed by atoms with E-state index in [9.17, 15) is 4.79 Å². The van der Waals surface area contributed by atoms with Crippen molar-refractivity contribution in [2.45, 2.75) is 33.1 Å². The molecular formula is C17H21NO2S. The molecule has 1 aromatic heterocycles. The molecule has 0 aliphatic rings. The summed E-state index contributed by atoms with van der Waals surface area (Å²) in [5.41, 5.74) is 9.96. The molecule has 2 rings (SSSR count). The molecule has 0 aliphatic heterocycles. The number of methoxy groups -OCH3 is 1. The third-order valence-electron chi connectivity index (χ3n) is 3.58. The molecule has 0 fully saturated rings. The maximum atomic E-state index is 11.7. The first-order valence-electron chi connectivity index (χ1n) is 6.83. The van der Waals surface area contributed by atoms with Gasteiger partial charge in [-0.3, -0.25) is 0 Å². The molecule has 0 saturated carbocycles. The third kappa shape index (κ3) is 2.95. The Balaban J connectivity index is 2.46. The van der Waals surface area contributed by atoms with Crippen LogP contribution in [0.1, 0.15) is 41.6 Å². The van der Waals surface area contributed by atoms with Gasteiger partial charge in [-0.25, -0.2) is 4.79 Å². The van der Waals surface area contributed by atoms with Crippen LogP contribution in [-0.2, 0) is 10.2 Å². The molecule has 0 bridgehead atoms. The Hall–Kier alpha value is -1.81. The van der Waals surface area contributed by atoms with E-state index in [1.165, 1.54) is 24.0 Å². The van der Waals surface area contributed by atoms with E-state index < -0.39 is 0 Å². The maximum Gasteiger partial charge on any atom is 0.350 e. The highest BCUT2D eigenvalue weighted by atomic mass is 32.1. The molecule has 2 aromatic rings. The van der Waals surface area contributed by atoms with Gasteiger partial charge in [0.25, 0.3) is 0 Å². The fourth-order valence-electron chi connectivity index (χ4n) is 2.17. The Labute approximate surface area is 129 Å². The second-order valence-electron chi connectivity index (χ2n) is 6.12. The van der Waals surface area contributed by atoms with Gasteiger partial charge in [0.15, 0.2) is 0 Å².